The average molecular weight is 363 g/mol. The van der Waals surface area contributed by atoms with Gasteiger partial charge in [0, 0.05) is 18.9 Å². The molecule has 2 unspecified atom stereocenters. The van der Waals surface area contributed by atoms with Crippen LogP contribution in [-0.4, -0.2) is 19.0 Å². The molecule has 138 valence electrons. The Balaban J connectivity index is 2.33. The van der Waals surface area contributed by atoms with Crippen LogP contribution < -0.4 is 5.01 Å². The van der Waals surface area contributed by atoms with E-state index in [4.69, 9.17) is 16.7 Å². The maximum absolute atomic E-state index is 11.3. The highest BCUT2D eigenvalue weighted by molar-refractivity contribution is 6.33. The lowest BCUT2D eigenvalue weighted by atomic mass is 9.80. The molecule has 1 saturated carbocycles. The largest absolute Gasteiger partial charge is 0.303 e. The lowest BCUT2D eigenvalue weighted by molar-refractivity contribution is -0.106. The first-order valence-electron chi connectivity index (χ1n) is 9.36. The lowest BCUT2D eigenvalue weighted by Crippen LogP contribution is -2.29. The van der Waals surface area contributed by atoms with Gasteiger partial charge in [-0.3, -0.25) is 5.01 Å². The van der Waals surface area contributed by atoms with Gasteiger partial charge in [0.2, 0.25) is 0 Å². The third-order valence-corrected chi connectivity index (χ3v) is 6.14. The van der Waals surface area contributed by atoms with Crippen LogP contribution in [0.4, 0.5) is 5.69 Å². The summed E-state index contributed by atoms with van der Waals surface area (Å²) in [6.45, 7) is 8.84. The molecular formula is C21H31ClN2O. The van der Waals surface area contributed by atoms with Gasteiger partial charge in [-0.15, -0.1) is 0 Å². The first-order chi connectivity index (χ1) is 11.8. The normalized spacial score (nSPS) is 26.7. The maximum atomic E-state index is 11.3. The molecule has 1 fully saturated rings. The highest BCUT2D eigenvalue weighted by atomic mass is 35.5. The van der Waals surface area contributed by atoms with Crippen molar-refractivity contribution < 1.29 is 4.79 Å². The molecule has 0 saturated heterocycles. The number of carbonyl (C=O) groups excluding carboxylic acids is 1. The average Bonchev–Trinajstić information content (AvgIpc) is 2.91. The van der Waals surface area contributed by atoms with Gasteiger partial charge in [-0.05, 0) is 49.3 Å². The fourth-order valence-corrected chi connectivity index (χ4v) is 4.72. The molecule has 2 atom stereocenters. The van der Waals surface area contributed by atoms with E-state index in [1.165, 1.54) is 12.8 Å². The summed E-state index contributed by atoms with van der Waals surface area (Å²) in [5.74, 6) is 1.44. The van der Waals surface area contributed by atoms with Crippen molar-refractivity contribution in [1.29, 1.82) is 0 Å². The van der Waals surface area contributed by atoms with Crippen LogP contribution in [-0.2, 0) is 4.79 Å². The molecule has 1 aliphatic carbocycles. The van der Waals surface area contributed by atoms with Gasteiger partial charge in [0.25, 0.3) is 0 Å². The maximum Gasteiger partial charge on any atom is 0.125 e. The number of hydrazone groups is 1. The highest BCUT2D eigenvalue weighted by Crippen LogP contribution is 2.49. The van der Waals surface area contributed by atoms with Crippen LogP contribution >= 0.6 is 11.6 Å². The monoisotopic (exact) mass is 362 g/mol. The fraction of sp³-hybridized carbons (Fsp3) is 0.619. The van der Waals surface area contributed by atoms with Gasteiger partial charge in [0.15, 0.2) is 0 Å². The van der Waals surface area contributed by atoms with Gasteiger partial charge >= 0.3 is 0 Å². The Morgan fingerprint density at radius 1 is 1.32 bits per heavy atom. The second-order valence-electron chi connectivity index (χ2n) is 7.70. The molecular weight excluding hydrogens is 332 g/mol. The van der Waals surface area contributed by atoms with E-state index in [-0.39, 0.29) is 5.41 Å². The number of hydrogen-bond acceptors (Lipinski definition) is 3. The minimum absolute atomic E-state index is 0.00625. The molecule has 0 aromatic heterocycles. The molecule has 0 heterocycles. The number of nitrogens with zero attached hydrogens (tertiary/aromatic N) is 2. The summed E-state index contributed by atoms with van der Waals surface area (Å²) in [7, 11) is 1.91. The number of carbonyl (C=O) groups is 1. The highest BCUT2D eigenvalue weighted by Gasteiger charge is 2.43. The van der Waals surface area contributed by atoms with Gasteiger partial charge in [-0.25, -0.2) is 0 Å². The molecule has 0 amide bonds. The van der Waals surface area contributed by atoms with Crippen molar-refractivity contribution in [3.8, 4) is 0 Å². The second kappa shape index (κ2) is 8.35. The van der Waals surface area contributed by atoms with E-state index in [2.05, 4.69) is 20.8 Å². The zero-order valence-electron chi connectivity index (χ0n) is 16.2. The van der Waals surface area contributed by atoms with E-state index in [1.54, 1.807) is 0 Å². The molecule has 1 aromatic carbocycles. The number of anilines is 1. The van der Waals surface area contributed by atoms with Crippen molar-refractivity contribution in [3.05, 3.63) is 28.8 Å². The van der Waals surface area contributed by atoms with Gasteiger partial charge < -0.3 is 4.79 Å². The van der Waals surface area contributed by atoms with Gasteiger partial charge in [-0.1, -0.05) is 51.3 Å². The quantitative estimate of drug-likeness (QED) is 0.344. The fourth-order valence-electron chi connectivity index (χ4n) is 4.36. The van der Waals surface area contributed by atoms with Crippen LogP contribution in [0.25, 0.3) is 0 Å². The zero-order chi connectivity index (χ0) is 18.6. The Hall–Kier alpha value is -1.35. The van der Waals surface area contributed by atoms with Crippen molar-refractivity contribution in [2.75, 3.05) is 12.1 Å². The van der Waals surface area contributed by atoms with E-state index in [0.29, 0.717) is 11.4 Å². The summed E-state index contributed by atoms with van der Waals surface area (Å²) in [6, 6.07) is 5.96. The van der Waals surface area contributed by atoms with Crippen LogP contribution in [0, 0.1) is 24.2 Å². The summed E-state index contributed by atoms with van der Waals surface area (Å²) >= 11 is 6.39. The molecule has 0 N–H and O–H groups in total. The number of aldehydes is 1. The van der Waals surface area contributed by atoms with E-state index >= 15 is 0 Å². The van der Waals surface area contributed by atoms with Crippen molar-refractivity contribution in [3.63, 3.8) is 0 Å². The van der Waals surface area contributed by atoms with Crippen LogP contribution in [0.3, 0.4) is 0 Å². The summed E-state index contributed by atoms with van der Waals surface area (Å²) in [5, 5.41) is 7.36. The third kappa shape index (κ3) is 4.44. The Labute approximate surface area is 157 Å². The lowest BCUT2D eigenvalue weighted by Gasteiger charge is -2.28. The summed E-state index contributed by atoms with van der Waals surface area (Å²) in [4.78, 5) is 11.3. The number of aryl methyl sites for hydroxylation is 1. The summed E-state index contributed by atoms with van der Waals surface area (Å²) in [5.41, 5.74) is 2.97. The predicted octanol–water partition coefficient (Wildman–Crippen LogP) is 5.88. The SMILES string of the molecule is CCC1CC(C)(/C(CC=O)=N/N(C)c2ccc(C)cc2Cl)CC1CC. The zero-order valence-corrected chi connectivity index (χ0v) is 16.9. The van der Waals surface area contributed by atoms with Gasteiger partial charge in [0.1, 0.15) is 6.29 Å². The van der Waals surface area contributed by atoms with Crippen molar-refractivity contribution in [2.45, 2.75) is 59.8 Å². The number of rotatable bonds is 7. The van der Waals surface area contributed by atoms with Crippen LogP contribution in [0.2, 0.25) is 5.02 Å². The minimum atomic E-state index is -0.00625. The number of benzene rings is 1. The number of hydrogen-bond donors (Lipinski definition) is 0. The van der Waals surface area contributed by atoms with E-state index < -0.39 is 0 Å². The molecule has 0 spiro atoms. The molecule has 4 heteroatoms. The Kier molecular flexibility index (Phi) is 6.67. The van der Waals surface area contributed by atoms with E-state index in [0.717, 1.165) is 47.9 Å². The first kappa shape index (κ1) is 20.0. The first-order valence-corrected chi connectivity index (χ1v) is 9.73. The van der Waals surface area contributed by atoms with Crippen molar-refractivity contribution in [1.82, 2.24) is 0 Å². The molecule has 3 nitrogen and oxygen atoms in total. The molecule has 0 aliphatic heterocycles. The van der Waals surface area contributed by atoms with Gasteiger partial charge in [-0.2, -0.15) is 5.10 Å². The van der Waals surface area contributed by atoms with Crippen LogP contribution in [0.5, 0.6) is 0 Å². The minimum Gasteiger partial charge on any atom is -0.303 e. The van der Waals surface area contributed by atoms with Crippen molar-refractivity contribution >= 4 is 29.3 Å². The summed E-state index contributed by atoms with van der Waals surface area (Å²) in [6.07, 6.45) is 5.99. The third-order valence-electron chi connectivity index (χ3n) is 5.84. The Morgan fingerprint density at radius 2 is 1.92 bits per heavy atom. The topological polar surface area (TPSA) is 32.7 Å². The molecule has 1 aliphatic rings. The smallest absolute Gasteiger partial charge is 0.125 e. The van der Waals surface area contributed by atoms with Crippen molar-refractivity contribution in [2.24, 2.45) is 22.4 Å². The number of halogens is 1. The van der Waals surface area contributed by atoms with E-state index in [9.17, 15) is 4.79 Å². The van der Waals surface area contributed by atoms with Gasteiger partial charge in [0.05, 0.1) is 16.4 Å². The standard InChI is InChI=1S/C21H31ClN2O/c1-6-16-13-21(4,14-17(16)7-2)20(10-11-25)23-24(5)19-9-8-15(3)12-18(19)22/h8-9,11-12,16-17H,6-7,10,13-14H2,1-5H3/b23-20+. The summed E-state index contributed by atoms with van der Waals surface area (Å²) < 4.78 is 0. The molecule has 0 bridgehead atoms. The Bertz CT molecular complexity index is 629. The molecule has 1 aromatic rings. The van der Waals surface area contributed by atoms with Crippen LogP contribution in [0.15, 0.2) is 23.3 Å². The molecule has 0 radical (unpaired) electrons. The molecule has 25 heavy (non-hydrogen) atoms. The van der Waals surface area contributed by atoms with E-state index in [1.807, 2.05) is 37.2 Å². The molecule has 2 rings (SSSR count). The predicted molar refractivity (Wildman–Crippen MR) is 108 cm³/mol. The second-order valence-corrected chi connectivity index (χ2v) is 8.11. The van der Waals surface area contributed by atoms with Crippen LogP contribution in [0.1, 0.15) is 58.4 Å². The Morgan fingerprint density at radius 3 is 2.40 bits per heavy atom.